The Morgan fingerprint density at radius 2 is 1.67 bits per heavy atom. The standard InChI is InChI=1S/C21H16N4O2/c26-21(17-13-23-20(24-14-17)16-8-10-22-11-9-16)25-19(18-7-4-12-27-18)15-5-2-1-3-6-15/h1-14,19H,(H,25,26)/t19-/m1/s1. The normalized spacial score (nSPS) is 11.7. The largest absolute Gasteiger partial charge is 0.467 e. The molecule has 0 saturated carbocycles. The Bertz CT molecular complexity index is 1000. The maximum Gasteiger partial charge on any atom is 0.255 e. The third-order valence-corrected chi connectivity index (χ3v) is 4.09. The number of hydrogen-bond acceptors (Lipinski definition) is 5. The van der Waals surface area contributed by atoms with Gasteiger partial charge in [0.25, 0.3) is 5.91 Å². The maximum absolute atomic E-state index is 12.7. The van der Waals surface area contributed by atoms with Gasteiger partial charge in [-0.1, -0.05) is 30.3 Å². The molecule has 0 radical (unpaired) electrons. The van der Waals surface area contributed by atoms with Crippen LogP contribution in [0.15, 0.2) is 90.1 Å². The highest BCUT2D eigenvalue weighted by molar-refractivity contribution is 5.94. The summed E-state index contributed by atoms with van der Waals surface area (Å²) in [5, 5.41) is 2.99. The summed E-state index contributed by atoms with van der Waals surface area (Å²) in [4.78, 5) is 25.3. The predicted molar refractivity (Wildman–Crippen MR) is 99.7 cm³/mol. The second kappa shape index (κ2) is 7.61. The van der Waals surface area contributed by atoms with Crippen LogP contribution in [0.4, 0.5) is 0 Å². The van der Waals surface area contributed by atoms with Gasteiger partial charge in [-0.25, -0.2) is 9.97 Å². The van der Waals surface area contributed by atoms with Gasteiger partial charge in [-0.2, -0.15) is 0 Å². The van der Waals surface area contributed by atoms with Crippen LogP contribution >= 0.6 is 0 Å². The Morgan fingerprint density at radius 3 is 2.33 bits per heavy atom. The van der Waals surface area contributed by atoms with Crippen molar-refractivity contribution in [3.8, 4) is 11.4 Å². The first-order valence-corrected chi connectivity index (χ1v) is 8.43. The number of carbonyl (C=O) groups excluding carboxylic acids is 1. The van der Waals surface area contributed by atoms with Crippen LogP contribution in [0.3, 0.4) is 0 Å². The Hall–Kier alpha value is -3.80. The van der Waals surface area contributed by atoms with E-state index in [0.29, 0.717) is 17.1 Å². The van der Waals surface area contributed by atoms with E-state index in [9.17, 15) is 4.79 Å². The van der Waals surface area contributed by atoms with Gasteiger partial charge < -0.3 is 9.73 Å². The Balaban J connectivity index is 1.56. The molecule has 27 heavy (non-hydrogen) atoms. The number of nitrogens with one attached hydrogen (secondary N) is 1. The van der Waals surface area contributed by atoms with Gasteiger partial charge in [-0.15, -0.1) is 0 Å². The number of benzene rings is 1. The van der Waals surface area contributed by atoms with Crippen molar-refractivity contribution < 1.29 is 9.21 Å². The zero-order chi connectivity index (χ0) is 18.5. The fraction of sp³-hybridized carbons (Fsp3) is 0.0476. The molecule has 1 amide bonds. The summed E-state index contributed by atoms with van der Waals surface area (Å²) in [5.41, 5.74) is 2.14. The molecule has 0 aliphatic rings. The highest BCUT2D eigenvalue weighted by Gasteiger charge is 2.20. The summed E-state index contributed by atoms with van der Waals surface area (Å²) in [6.07, 6.45) is 7.97. The van der Waals surface area contributed by atoms with Gasteiger partial charge in [0.15, 0.2) is 5.82 Å². The molecule has 0 aliphatic heterocycles. The lowest BCUT2D eigenvalue weighted by molar-refractivity contribution is 0.0938. The van der Waals surface area contributed by atoms with Crippen LogP contribution < -0.4 is 5.32 Å². The van der Waals surface area contributed by atoms with Crippen molar-refractivity contribution in [1.29, 1.82) is 0 Å². The minimum atomic E-state index is -0.395. The van der Waals surface area contributed by atoms with Gasteiger partial charge in [0.2, 0.25) is 0 Å². The van der Waals surface area contributed by atoms with Crippen LogP contribution in [-0.4, -0.2) is 20.9 Å². The van der Waals surface area contributed by atoms with Crippen molar-refractivity contribution in [1.82, 2.24) is 20.3 Å². The minimum absolute atomic E-state index is 0.276. The van der Waals surface area contributed by atoms with Gasteiger partial charge in [0, 0.05) is 30.4 Å². The fourth-order valence-corrected chi connectivity index (χ4v) is 2.73. The molecule has 6 heteroatoms. The summed E-state index contributed by atoms with van der Waals surface area (Å²) in [6.45, 7) is 0. The molecular weight excluding hydrogens is 340 g/mol. The van der Waals surface area contributed by atoms with Crippen molar-refractivity contribution in [3.63, 3.8) is 0 Å². The summed E-state index contributed by atoms with van der Waals surface area (Å²) in [6, 6.07) is 16.5. The van der Waals surface area contributed by atoms with E-state index in [-0.39, 0.29) is 5.91 Å². The third kappa shape index (κ3) is 3.74. The third-order valence-electron chi connectivity index (χ3n) is 4.09. The SMILES string of the molecule is O=C(N[C@H](c1ccccc1)c1ccco1)c1cnc(-c2ccncc2)nc1. The summed E-state index contributed by atoms with van der Waals surface area (Å²) in [5.74, 6) is 0.921. The number of nitrogens with zero attached hydrogens (tertiary/aromatic N) is 3. The van der Waals surface area contributed by atoms with Crippen molar-refractivity contribution >= 4 is 5.91 Å². The van der Waals surface area contributed by atoms with Crippen LogP contribution in [-0.2, 0) is 0 Å². The molecule has 1 aromatic carbocycles. The lowest BCUT2D eigenvalue weighted by Crippen LogP contribution is -2.29. The number of furan rings is 1. The van der Waals surface area contributed by atoms with E-state index in [2.05, 4.69) is 20.3 Å². The smallest absolute Gasteiger partial charge is 0.255 e. The molecule has 0 spiro atoms. The Labute approximate surface area is 155 Å². The Kier molecular flexibility index (Phi) is 4.70. The topological polar surface area (TPSA) is 80.9 Å². The average Bonchev–Trinajstić information content (AvgIpc) is 3.28. The van der Waals surface area contributed by atoms with E-state index in [1.54, 1.807) is 24.7 Å². The van der Waals surface area contributed by atoms with Crippen LogP contribution in [0.25, 0.3) is 11.4 Å². The second-order valence-corrected chi connectivity index (χ2v) is 5.86. The van der Waals surface area contributed by atoms with Crippen LogP contribution in [0.1, 0.15) is 27.7 Å². The molecule has 0 fully saturated rings. The molecule has 0 aliphatic carbocycles. The summed E-state index contributed by atoms with van der Waals surface area (Å²) >= 11 is 0. The molecule has 1 atom stereocenters. The molecule has 4 aromatic rings. The number of hydrogen-bond donors (Lipinski definition) is 1. The molecular formula is C21H16N4O2. The number of carbonyl (C=O) groups is 1. The molecule has 3 heterocycles. The molecule has 6 nitrogen and oxygen atoms in total. The van der Waals surface area contributed by atoms with E-state index in [0.717, 1.165) is 11.1 Å². The van der Waals surface area contributed by atoms with Gasteiger partial charge in [0.05, 0.1) is 11.8 Å². The lowest BCUT2D eigenvalue weighted by Gasteiger charge is -2.17. The molecule has 4 rings (SSSR count). The quantitative estimate of drug-likeness (QED) is 0.590. The van der Waals surface area contributed by atoms with E-state index in [4.69, 9.17) is 4.42 Å². The predicted octanol–water partition coefficient (Wildman–Crippen LogP) is 3.65. The zero-order valence-corrected chi connectivity index (χ0v) is 14.3. The monoisotopic (exact) mass is 356 g/mol. The first-order chi connectivity index (χ1) is 13.3. The number of rotatable bonds is 5. The molecule has 0 bridgehead atoms. The highest BCUT2D eigenvalue weighted by Crippen LogP contribution is 2.23. The van der Waals surface area contributed by atoms with Crippen molar-refractivity contribution in [2.75, 3.05) is 0 Å². The number of aromatic nitrogens is 3. The van der Waals surface area contributed by atoms with E-state index < -0.39 is 6.04 Å². The molecule has 0 unspecified atom stereocenters. The van der Waals surface area contributed by atoms with E-state index >= 15 is 0 Å². The van der Waals surface area contributed by atoms with Gasteiger partial charge >= 0.3 is 0 Å². The van der Waals surface area contributed by atoms with Crippen molar-refractivity contribution in [2.24, 2.45) is 0 Å². The fourth-order valence-electron chi connectivity index (χ4n) is 2.73. The molecule has 0 saturated heterocycles. The first-order valence-electron chi connectivity index (χ1n) is 8.43. The summed E-state index contributed by atoms with van der Waals surface area (Å²) < 4.78 is 5.51. The van der Waals surface area contributed by atoms with E-state index in [1.807, 2.05) is 48.5 Å². The van der Waals surface area contributed by atoms with E-state index in [1.165, 1.54) is 12.4 Å². The van der Waals surface area contributed by atoms with Crippen LogP contribution in [0.2, 0.25) is 0 Å². The lowest BCUT2D eigenvalue weighted by atomic mass is 10.0. The highest BCUT2D eigenvalue weighted by atomic mass is 16.3. The Morgan fingerprint density at radius 1 is 0.926 bits per heavy atom. The van der Waals surface area contributed by atoms with Gasteiger partial charge in [-0.05, 0) is 29.8 Å². The second-order valence-electron chi connectivity index (χ2n) is 5.86. The molecule has 132 valence electrons. The zero-order valence-electron chi connectivity index (χ0n) is 14.3. The van der Waals surface area contributed by atoms with Crippen LogP contribution in [0, 0.1) is 0 Å². The maximum atomic E-state index is 12.7. The van der Waals surface area contributed by atoms with Gasteiger partial charge in [-0.3, -0.25) is 9.78 Å². The van der Waals surface area contributed by atoms with Gasteiger partial charge in [0.1, 0.15) is 11.8 Å². The summed E-state index contributed by atoms with van der Waals surface area (Å²) in [7, 11) is 0. The van der Waals surface area contributed by atoms with Crippen LogP contribution in [0.5, 0.6) is 0 Å². The molecule has 3 aromatic heterocycles. The average molecular weight is 356 g/mol. The number of amides is 1. The van der Waals surface area contributed by atoms with Crippen molar-refractivity contribution in [2.45, 2.75) is 6.04 Å². The van der Waals surface area contributed by atoms with Crippen molar-refractivity contribution in [3.05, 3.63) is 103 Å². The molecule has 1 N–H and O–H groups in total. The number of pyridine rings is 1. The minimum Gasteiger partial charge on any atom is -0.467 e. The first kappa shape index (κ1) is 16.7.